The van der Waals surface area contributed by atoms with Crippen LogP contribution in [0.25, 0.3) is 0 Å². The summed E-state index contributed by atoms with van der Waals surface area (Å²) in [5.41, 5.74) is 1.97. The average Bonchev–Trinajstić information content (AvgIpc) is 3.02. The molecule has 2 heterocycles. The van der Waals surface area contributed by atoms with Gasteiger partial charge in [-0.3, -0.25) is 9.48 Å². The summed E-state index contributed by atoms with van der Waals surface area (Å²) < 4.78 is 1.84. The lowest BCUT2D eigenvalue weighted by atomic mass is 9.93. The topological polar surface area (TPSA) is 59.0 Å². The third kappa shape index (κ3) is 5.65. The summed E-state index contributed by atoms with van der Waals surface area (Å²) in [6.45, 7) is 2.88. The van der Waals surface area contributed by atoms with Gasteiger partial charge in [-0.2, -0.15) is 5.10 Å². The summed E-state index contributed by atoms with van der Waals surface area (Å²) >= 11 is 0. The molecule has 2 aromatic rings. The molecule has 0 bridgehead atoms. The van der Waals surface area contributed by atoms with Gasteiger partial charge in [-0.05, 0) is 43.8 Å². The molecule has 1 saturated heterocycles. The van der Waals surface area contributed by atoms with Gasteiger partial charge in [0, 0.05) is 12.6 Å². The van der Waals surface area contributed by atoms with Gasteiger partial charge < -0.3 is 10.6 Å². The Bertz CT molecular complexity index is 623. The molecule has 0 spiro atoms. The van der Waals surface area contributed by atoms with Crippen LogP contribution < -0.4 is 10.6 Å². The summed E-state index contributed by atoms with van der Waals surface area (Å²) in [5.74, 6) is 0.769. The number of nitrogens with one attached hydrogen (secondary N) is 2. The van der Waals surface area contributed by atoms with E-state index in [1.54, 1.807) is 6.20 Å². The molecule has 0 atom stereocenters. The van der Waals surface area contributed by atoms with E-state index in [4.69, 9.17) is 0 Å². The molecule has 0 aliphatic carbocycles. The van der Waals surface area contributed by atoms with E-state index in [-0.39, 0.29) is 18.3 Å². The maximum atomic E-state index is 12.1. The Labute approximate surface area is 149 Å². The lowest BCUT2D eigenvalue weighted by Crippen LogP contribution is -2.28. The Morgan fingerprint density at radius 3 is 2.75 bits per heavy atom. The minimum absolute atomic E-state index is 0. The first kappa shape index (κ1) is 18.5. The SMILES string of the molecule is Cl.O=C(CCC1CCNCC1)Nc1cnn(Cc2ccccc2)c1. The Kier molecular flexibility index (Phi) is 7.28. The summed E-state index contributed by atoms with van der Waals surface area (Å²) in [7, 11) is 0. The number of hydrogen-bond donors (Lipinski definition) is 2. The van der Waals surface area contributed by atoms with E-state index in [1.165, 1.54) is 18.4 Å². The zero-order chi connectivity index (χ0) is 15.9. The summed E-state index contributed by atoms with van der Waals surface area (Å²) in [4.78, 5) is 12.1. The molecule has 2 N–H and O–H groups in total. The Balaban J connectivity index is 0.00000208. The second kappa shape index (κ2) is 9.45. The highest BCUT2D eigenvalue weighted by Crippen LogP contribution is 2.18. The molecular weight excluding hydrogens is 324 g/mol. The molecule has 1 aromatic heterocycles. The van der Waals surface area contributed by atoms with E-state index in [0.717, 1.165) is 25.2 Å². The van der Waals surface area contributed by atoms with Gasteiger partial charge in [-0.15, -0.1) is 12.4 Å². The lowest BCUT2D eigenvalue weighted by molar-refractivity contribution is -0.116. The van der Waals surface area contributed by atoms with Crippen molar-refractivity contribution >= 4 is 24.0 Å². The van der Waals surface area contributed by atoms with E-state index in [9.17, 15) is 4.79 Å². The second-order valence-electron chi connectivity index (χ2n) is 6.19. The van der Waals surface area contributed by atoms with Crippen LogP contribution in [0.4, 0.5) is 5.69 Å². The Hall–Kier alpha value is -1.85. The molecule has 0 unspecified atom stereocenters. The zero-order valence-electron chi connectivity index (χ0n) is 13.8. The maximum absolute atomic E-state index is 12.1. The van der Waals surface area contributed by atoms with Crippen LogP contribution in [-0.2, 0) is 11.3 Å². The quantitative estimate of drug-likeness (QED) is 0.843. The third-order valence-corrected chi connectivity index (χ3v) is 4.34. The number of halogens is 1. The Morgan fingerprint density at radius 2 is 2.00 bits per heavy atom. The molecule has 3 rings (SSSR count). The largest absolute Gasteiger partial charge is 0.323 e. The molecule has 6 heteroatoms. The minimum Gasteiger partial charge on any atom is -0.323 e. The normalized spacial score (nSPS) is 14.8. The molecule has 5 nitrogen and oxygen atoms in total. The standard InChI is InChI=1S/C18H24N4O.ClH/c23-18(7-6-15-8-10-19-11-9-15)21-17-12-20-22(14-17)13-16-4-2-1-3-5-16;/h1-5,12,14-15,19H,6-11,13H2,(H,21,23);1H. The second-order valence-corrected chi connectivity index (χ2v) is 6.19. The summed E-state index contributed by atoms with van der Waals surface area (Å²) in [5, 5.41) is 10.6. The summed E-state index contributed by atoms with van der Waals surface area (Å²) in [6.07, 6.45) is 7.53. The number of hydrogen-bond acceptors (Lipinski definition) is 3. The van der Waals surface area contributed by atoms with Crippen molar-refractivity contribution in [2.45, 2.75) is 32.2 Å². The number of anilines is 1. The lowest BCUT2D eigenvalue weighted by Gasteiger charge is -2.22. The van der Waals surface area contributed by atoms with E-state index < -0.39 is 0 Å². The van der Waals surface area contributed by atoms with Gasteiger partial charge in [0.15, 0.2) is 0 Å². The molecule has 1 aliphatic heterocycles. The average molecular weight is 349 g/mol. The van der Waals surface area contributed by atoms with Gasteiger partial charge in [-0.25, -0.2) is 0 Å². The smallest absolute Gasteiger partial charge is 0.224 e. The molecule has 1 amide bonds. The van der Waals surface area contributed by atoms with Crippen molar-refractivity contribution in [3.05, 3.63) is 48.3 Å². The third-order valence-electron chi connectivity index (χ3n) is 4.34. The predicted octanol–water partition coefficient (Wildman–Crippen LogP) is 3.07. The van der Waals surface area contributed by atoms with E-state index >= 15 is 0 Å². The number of carbonyl (C=O) groups excluding carboxylic acids is 1. The van der Waals surface area contributed by atoms with Crippen LogP contribution in [-0.4, -0.2) is 28.8 Å². The van der Waals surface area contributed by atoms with Gasteiger partial charge in [0.25, 0.3) is 0 Å². The van der Waals surface area contributed by atoms with Gasteiger partial charge in [0.05, 0.1) is 18.4 Å². The highest BCUT2D eigenvalue weighted by molar-refractivity contribution is 5.90. The first-order valence-electron chi connectivity index (χ1n) is 8.36. The fraction of sp³-hybridized carbons (Fsp3) is 0.444. The van der Waals surface area contributed by atoms with E-state index in [0.29, 0.717) is 18.9 Å². The number of aromatic nitrogens is 2. The molecule has 130 valence electrons. The van der Waals surface area contributed by atoms with Crippen LogP contribution in [0.5, 0.6) is 0 Å². The van der Waals surface area contributed by atoms with Crippen molar-refractivity contribution in [1.82, 2.24) is 15.1 Å². The number of nitrogens with zero attached hydrogens (tertiary/aromatic N) is 2. The molecule has 0 saturated carbocycles. The highest BCUT2D eigenvalue weighted by Gasteiger charge is 2.14. The van der Waals surface area contributed by atoms with Crippen molar-refractivity contribution in [3.63, 3.8) is 0 Å². The zero-order valence-corrected chi connectivity index (χ0v) is 14.6. The van der Waals surface area contributed by atoms with Crippen LogP contribution in [0.2, 0.25) is 0 Å². The monoisotopic (exact) mass is 348 g/mol. The van der Waals surface area contributed by atoms with Gasteiger partial charge in [0.1, 0.15) is 0 Å². The van der Waals surface area contributed by atoms with Gasteiger partial charge in [-0.1, -0.05) is 30.3 Å². The first-order valence-corrected chi connectivity index (χ1v) is 8.36. The van der Waals surface area contributed by atoms with Crippen molar-refractivity contribution in [3.8, 4) is 0 Å². The fourth-order valence-corrected chi connectivity index (χ4v) is 3.01. The Morgan fingerprint density at radius 1 is 1.25 bits per heavy atom. The highest BCUT2D eigenvalue weighted by atomic mass is 35.5. The van der Waals surface area contributed by atoms with Gasteiger partial charge in [0.2, 0.25) is 5.91 Å². The van der Waals surface area contributed by atoms with Crippen LogP contribution in [0.3, 0.4) is 0 Å². The molecule has 0 radical (unpaired) electrons. The van der Waals surface area contributed by atoms with Crippen molar-refractivity contribution in [1.29, 1.82) is 0 Å². The molecular formula is C18H25ClN4O. The molecule has 24 heavy (non-hydrogen) atoms. The van der Waals surface area contributed by atoms with Crippen LogP contribution in [0.1, 0.15) is 31.2 Å². The van der Waals surface area contributed by atoms with Crippen molar-refractivity contribution in [2.75, 3.05) is 18.4 Å². The van der Waals surface area contributed by atoms with Crippen molar-refractivity contribution in [2.24, 2.45) is 5.92 Å². The fourth-order valence-electron chi connectivity index (χ4n) is 3.01. The van der Waals surface area contributed by atoms with Crippen molar-refractivity contribution < 1.29 is 4.79 Å². The van der Waals surface area contributed by atoms with E-state index in [2.05, 4.69) is 27.9 Å². The molecule has 1 aromatic carbocycles. The van der Waals surface area contributed by atoms with Gasteiger partial charge >= 0.3 is 0 Å². The van der Waals surface area contributed by atoms with Crippen LogP contribution >= 0.6 is 12.4 Å². The van der Waals surface area contributed by atoms with Crippen LogP contribution in [0, 0.1) is 5.92 Å². The minimum atomic E-state index is 0. The number of benzene rings is 1. The number of rotatable bonds is 6. The number of amides is 1. The molecule has 1 aliphatic rings. The molecule has 1 fully saturated rings. The number of piperidine rings is 1. The first-order chi connectivity index (χ1) is 11.3. The maximum Gasteiger partial charge on any atom is 0.224 e. The predicted molar refractivity (Wildman–Crippen MR) is 98.5 cm³/mol. The summed E-state index contributed by atoms with van der Waals surface area (Å²) in [6, 6.07) is 10.2. The van der Waals surface area contributed by atoms with Crippen LogP contribution in [0.15, 0.2) is 42.7 Å². The van der Waals surface area contributed by atoms with E-state index in [1.807, 2.05) is 29.1 Å². The number of carbonyl (C=O) groups is 1.